The van der Waals surface area contributed by atoms with Crippen molar-refractivity contribution in [1.29, 1.82) is 0 Å². The van der Waals surface area contributed by atoms with Crippen LogP contribution in [0.1, 0.15) is 5.56 Å². The summed E-state index contributed by atoms with van der Waals surface area (Å²) in [5.41, 5.74) is 12.3. The van der Waals surface area contributed by atoms with Crippen LogP contribution in [0.15, 0.2) is 30.5 Å². The van der Waals surface area contributed by atoms with Gasteiger partial charge in [0.05, 0.1) is 0 Å². The zero-order valence-corrected chi connectivity index (χ0v) is 7.44. The number of fused-ring (bicyclic) bond motifs is 1. The Morgan fingerprint density at radius 3 is 2.57 bits per heavy atom. The molecule has 0 bridgehead atoms. The Balaban J connectivity index is 0.000000213. The molecule has 0 radical (unpaired) electrons. The molecular formula is C9H11N3O2. The summed E-state index contributed by atoms with van der Waals surface area (Å²) in [6.07, 6.45) is 3.74. The molecule has 5 nitrogen and oxygen atoms in total. The number of carbonyl (C=O) groups is 1. The van der Waals surface area contributed by atoms with Gasteiger partial charge in [0.25, 0.3) is 0 Å². The molecule has 14 heavy (non-hydrogen) atoms. The van der Waals surface area contributed by atoms with Gasteiger partial charge in [0.2, 0.25) is 0 Å². The molecule has 2 amide bonds. The lowest BCUT2D eigenvalue weighted by molar-refractivity contribution is 0.239. The predicted molar refractivity (Wildman–Crippen MR) is 53.0 cm³/mol. The molecule has 1 heterocycles. The van der Waals surface area contributed by atoms with Crippen molar-refractivity contribution in [3.05, 3.63) is 36.0 Å². The number of urea groups is 1. The van der Waals surface area contributed by atoms with Crippen molar-refractivity contribution in [3.8, 4) is 5.75 Å². The highest BCUT2D eigenvalue weighted by Crippen LogP contribution is 2.20. The van der Waals surface area contributed by atoms with Gasteiger partial charge in [-0.05, 0) is 12.1 Å². The van der Waals surface area contributed by atoms with Crippen LogP contribution in [-0.2, 0) is 0 Å². The van der Waals surface area contributed by atoms with Crippen molar-refractivity contribution < 1.29 is 9.63 Å². The number of carbonyl (C=O) groups excluding carboxylic acids is 1. The van der Waals surface area contributed by atoms with Gasteiger partial charge in [-0.15, -0.1) is 0 Å². The third kappa shape index (κ3) is 3.06. The second-order valence-corrected chi connectivity index (χ2v) is 2.49. The van der Waals surface area contributed by atoms with Gasteiger partial charge in [-0.1, -0.05) is 18.2 Å². The standard InChI is InChI=1S/C8H7NO.CH4N2O/c1-2-4-8-7(3-1)5-6-9-10-8;2-1(3)4/h1-6,9H;(H4,2,3,4). The van der Waals surface area contributed by atoms with Gasteiger partial charge in [-0.25, -0.2) is 10.3 Å². The minimum absolute atomic E-state index is 0.833. The minimum Gasteiger partial charge on any atom is -0.382 e. The second kappa shape index (κ2) is 4.76. The molecule has 0 atom stereocenters. The van der Waals surface area contributed by atoms with Crippen LogP contribution < -0.4 is 21.8 Å². The number of hydroxylamine groups is 1. The topological polar surface area (TPSA) is 90.4 Å². The van der Waals surface area contributed by atoms with Gasteiger partial charge in [0.1, 0.15) is 0 Å². The third-order valence-corrected chi connectivity index (χ3v) is 1.42. The van der Waals surface area contributed by atoms with Crippen molar-refractivity contribution >= 4 is 12.1 Å². The van der Waals surface area contributed by atoms with Crippen LogP contribution in [0.2, 0.25) is 0 Å². The molecule has 1 aromatic carbocycles. The lowest BCUT2D eigenvalue weighted by Crippen LogP contribution is -2.18. The van der Waals surface area contributed by atoms with Gasteiger partial charge in [0.15, 0.2) is 5.75 Å². The van der Waals surface area contributed by atoms with Crippen molar-refractivity contribution in [2.75, 3.05) is 0 Å². The second-order valence-electron chi connectivity index (χ2n) is 2.49. The SMILES string of the molecule is C1=Cc2ccccc2ON1.NC(N)=O. The molecule has 1 aliphatic rings. The zero-order valence-electron chi connectivity index (χ0n) is 7.44. The number of benzene rings is 1. The van der Waals surface area contributed by atoms with Crippen molar-refractivity contribution in [3.63, 3.8) is 0 Å². The fraction of sp³-hybridized carbons (Fsp3) is 0. The quantitative estimate of drug-likeness (QED) is 0.562. The predicted octanol–water partition coefficient (Wildman–Crippen LogP) is 0.578. The molecular weight excluding hydrogens is 182 g/mol. The molecule has 1 aromatic rings. The normalized spacial score (nSPS) is 11.1. The highest BCUT2D eigenvalue weighted by molar-refractivity contribution is 5.69. The number of nitrogens with one attached hydrogen (secondary N) is 1. The number of primary amides is 2. The Labute approximate surface area is 81.3 Å². The number of hydrogen-bond donors (Lipinski definition) is 3. The highest BCUT2D eigenvalue weighted by Gasteiger charge is 2.01. The van der Waals surface area contributed by atoms with Crippen LogP contribution in [0.5, 0.6) is 5.75 Å². The van der Waals surface area contributed by atoms with Crippen LogP contribution >= 0.6 is 0 Å². The van der Waals surface area contributed by atoms with Crippen molar-refractivity contribution in [2.24, 2.45) is 11.5 Å². The molecule has 0 saturated heterocycles. The average Bonchev–Trinajstić information content (AvgIpc) is 2.17. The summed E-state index contributed by atoms with van der Waals surface area (Å²) in [5, 5.41) is 0. The Kier molecular flexibility index (Phi) is 3.37. The molecule has 0 fully saturated rings. The van der Waals surface area contributed by atoms with Crippen molar-refractivity contribution in [1.82, 2.24) is 5.48 Å². The first-order valence-corrected chi connectivity index (χ1v) is 3.93. The summed E-state index contributed by atoms with van der Waals surface area (Å²) >= 11 is 0. The van der Waals surface area contributed by atoms with E-state index in [1.807, 2.05) is 30.3 Å². The van der Waals surface area contributed by atoms with Gasteiger partial charge >= 0.3 is 6.03 Å². The van der Waals surface area contributed by atoms with Crippen LogP contribution in [0.4, 0.5) is 4.79 Å². The number of nitrogens with two attached hydrogens (primary N) is 2. The smallest absolute Gasteiger partial charge is 0.309 e. The summed E-state index contributed by atoms with van der Waals surface area (Å²) in [6, 6.07) is 7.02. The Hall–Kier alpha value is -2.17. The van der Waals surface area contributed by atoms with E-state index in [4.69, 9.17) is 9.63 Å². The zero-order chi connectivity index (χ0) is 10.4. The molecule has 0 aliphatic carbocycles. The Morgan fingerprint density at radius 1 is 1.29 bits per heavy atom. The molecule has 0 saturated carbocycles. The van der Waals surface area contributed by atoms with Gasteiger partial charge in [0, 0.05) is 11.8 Å². The first kappa shape index (κ1) is 9.91. The largest absolute Gasteiger partial charge is 0.382 e. The highest BCUT2D eigenvalue weighted by atomic mass is 16.6. The van der Waals surface area contributed by atoms with Gasteiger partial charge in [-0.2, -0.15) is 0 Å². The van der Waals surface area contributed by atoms with E-state index < -0.39 is 6.03 Å². The van der Waals surface area contributed by atoms with Crippen molar-refractivity contribution in [2.45, 2.75) is 0 Å². The lowest BCUT2D eigenvalue weighted by Gasteiger charge is -2.11. The number of hydrogen-bond acceptors (Lipinski definition) is 3. The van der Waals surface area contributed by atoms with Crippen LogP contribution in [0.25, 0.3) is 6.08 Å². The maximum absolute atomic E-state index is 9.00. The molecule has 2 rings (SSSR count). The number of para-hydroxylation sites is 1. The first-order valence-electron chi connectivity index (χ1n) is 3.93. The first-order chi connectivity index (χ1) is 6.70. The summed E-state index contributed by atoms with van der Waals surface area (Å²) in [7, 11) is 0. The molecule has 0 aromatic heterocycles. The van der Waals surface area contributed by atoms with E-state index in [1.54, 1.807) is 6.20 Å². The summed E-state index contributed by atoms with van der Waals surface area (Å²) in [6.45, 7) is 0. The van der Waals surface area contributed by atoms with E-state index in [-0.39, 0.29) is 0 Å². The lowest BCUT2D eigenvalue weighted by atomic mass is 10.2. The molecule has 5 heteroatoms. The fourth-order valence-electron chi connectivity index (χ4n) is 0.932. The molecule has 0 unspecified atom stereocenters. The molecule has 74 valence electrons. The molecule has 1 aliphatic heterocycles. The summed E-state index contributed by atoms with van der Waals surface area (Å²) < 4.78 is 0. The Bertz CT molecular complexity index is 346. The summed E-state index contributed by atoms with van der Waals surface area (Å²) in [5.74, 6) is 0.880. The van der Waals surface area contributed by atoms with Gasteiger partial charge in [-0.3, -0.25) is 0 Å². The van der Waals surface area contributed by atoms with E-state index in [9.17, 15) is 0 Å². The van der Waals surface area contributed by atoms with Crippen LogP contribution in [0, 0.1) is 0 Å². The van der Waals surface area contributed by atoms with E-state index in [1.165, 1.54) is 0 Å². The third-order valence-electron chi connectivity index (χ3n) is 1.42. The molecule has 5 N–H and O–H groups in total. The van der Waals surface area contributed by atoms with E-state index in [2.05, 4.69) is 16.9 Å². The van der Waals surface area contributed by atoms with Crippen LogP contribution in [-0.4, -0.2) is 6.03 Å². The fourth-order valence-corrected chi connectivity index (χ4v) is 0.932. The monoisotopic (exact) mass is 193 g/mol. The van der Waals surface area contributed by atoms with E-state index >= 15 is 0 Å². The summed E-state index contributed by atoms with van der Waals surface area (Å²) in [4.78, 5) is 14.1. The van der Waals surface area contributed by atoms with E-state index in [0.29, 0.717) is 0 Å². The Morgan fingerprint density at radius 2 is 1.93 bits per heavy atom. The molecule has 0 spiro atoms. The maximum atomic E-state index is 9.00. The van der Waals surface area contributed by atoms with E-state index in [0.717, 1.165) is 11.3 Å². The number of rotatable bonds is 0. The number of amides is 2. The van der Waals surface area contributed by atoms with Gasteiger partial charge < -0.3 is 16.3 Å². The maximum Gasteiger partial charge on any atom is 0.309 e. The van der Waals surface area contributed by atoms with Crippen LogP contribution in [0.3, 0.4) is 0 Å². The minimum atomic E-state index is -0.833. The average molecular weight is 193 g/mol.